The molecule has 2 heterocycles. The number of hydrogen-bond donors (Lipinski definition) is 0. The zero-order chi connectivity index (χ0) is 9.26. The van der Waals surface area contributed by atoms with Crippen LogP contribution in [0.3, 0.4) is 0 Å². The van der Waals surface area contributed by atoms with Crippen LogP contribution in [0.2, 0.25) is 0 Å². The van der Waals surface area contributed by atoms with Gasteiger partial charge >= 0.3 is 0 Å². The maximum Gasteiger partial charge on any atom is 0.276 e. The predicted octanol–water partition coefficient (Wildman–Crippen LogP) is 1.26. The van der Waals surface area contributed by atoms with E-state index in [-0.39, 0.29) is 0 Å². The Morgan fingerprint density at radius 1 is 1.54 bits per heavy atom. The fourth-order valence-electron chi connectivity index (χ4n) is 1.17. The molecule has 0 radical (unpaired) electrons. The van der Waals surface area contributed by atoms with Crippen LogP contribution in [0.1, 0.15) is 12.7 Å². The van der Waals surface area contributed by atoms with Crippen molar-refractivity contribution < 1.29 is 4.52 Å². The molecule has 0 aliphatic rings. The van der Waals surface area contributed by atoms with Crippen LogP contribution in [0.25, 0.3) is 11.6 Å². The van der Waals surface area contributed by atoms with Crippen LogP contribution in [0.4, 0.5) is 0 Å². The van der Waals surface area contributed by atoms with E-state index in [1.807, 2.05) is 17.7 Å². The Morgan fingerprint density at radius 3 is 3.00 bits per heavy atom. The highest BCUT2D eigenvalue weighted by Crippen LogP contribution is 2.15. The van der Waals surface area contributed by atoms with Crippen LogP contribution in [0.15, 0.2) is 16.8 Å². The van der Waals surface area contributed by atoms with Crippen molar-refractivity contribution in [3.05, 3.63) is 18.1 Å². The third-order valence-corrected chi connectivity index (χ3v) is 1.76. The van der Waals surface area contributed by atoms with Gasteiger partial charge < -0.3 is 4.52 Å². The van der Waals surface area contributed by atoms with E-state index in [0.717, 1.165) is 12.2 Å². The minimum absolute atomic E-state index is 0.525. The molecule has 2 rings (SSSR count). The fourth-order valence-corrected chi connectivity index (χ4v) is 1.17. The van der Waals surface area contributed by atoms with E-state index in [9.17, 15) is 0 Å². The first-order chi connectivity index (χ1) is 6.31. The minimum Gasteiger partial charge on any atom is -0.332 e. The zero-order valence-electron chi connectivity index (χ0n) is 7.56. The third kappa shape index (κ3) is 1.32. The lowest BCUT2D eigenvalue weighted by Gasteiger charge is -1.97. The molecule has 5 nitrogen and oxygen atoms in total. The molecule has 0 fully saturated rings. The van der Waals surface area contributed by atoms with Gasteiger partial charge in [0.25, 0.3) is 5.89 Å². The fraction of sp³-hybridized carbons (Fsp3) is 0.375. The van der Waals surface area contributed by atoms with Crippen LogP contribution < -0.4 is 0 Å². The second kappa shape index (κ2) is 3.01. The SMILES string of the molecule is CCn1nccc1-c1nc(C)no1. The molecule has 13 heavy (non-hydrogen) atoms. The monoisotopic (exact) mass is 178 g/mol. The van der Waals surface area contributed by atoms with E-state index < -0.39 is 0 Å². The first-order valence-corrected chi connectivity index (χ1v) is 4.13. The lowest BCUT2D eigenvalue weighted by molar-refractivity contribution is 0.421. The molecule has 0 saturated heterocycles. The van der Waals surface area contributed by atoms with Gasteiger partial charge in [-0.25, -0.2) is 0 Å². The molecule has 0 unspecified atom stereocenters. The van der Waals surface area contributed by atoms with E-state index in [0.29, 0.717) is 11.7 Å². The molecule has 0 aliphatic carbocycles. The predicted molar refractivity (Wildman–Crippen MR) is 45.9 cm³/mol. The van der Waals surface area contributed by atoms with E-state index in [1.54, 1.807) is 13.1 Å². The van der Waals surface area contributed by atoms with Crippen LogP contribution in [-0.4, -0.2) is 19.9 Å². The van der Waals surface area contributed by atoms with Gasteiger partial charge in [0.15, 0.2) is 5.82 Å². The summed E-state index contributed by atoms with van der Waals surface area (Å²) in [4.78, 5) is 4.12. The molecule has 0 spiro atoms. The molecule has 5 heteroatoms. The highest BCUT2D eigenvalue weighted by Gasteiger charge is 2.10. The van der Waals surface area contributed by atoms with Crippen molar-refractivity contribution in [2.75, 3.05) is 0 Å². The molecule has 0 aromatic carbocycles. The highest BCUT2D eigenvalue weighted by atomic mass is 16.5. The molecule has 0 aliphatic heterocycles. The molecule has 2 aromatic heterocycles. The summed E-state index contributed by atoms with van der Waals surface area (Å²) < 4.78 is 6.84. The van der Waals surface area contributed by atoms with Gasteiger partial charge in [-0.2, -0.15) is 10.1 Å². The Balaban J connectivity index is 2.45. The Bertz CT molecular complexity index is 404. The molecular weight excluding hydrogens is 168 g/mol. The largest absolute Gasteiger partial charge is 0.332 e. The summed E-state index contributed by atoms with van der Waals surface area (Å²) in [5.74, 6) is 1.16. The first-order valence-electron chi connectivity index (χ1n) is 4.13. The summed E-state index contributed by atoms with van der Waals surface area (Å²) in [6.07, 6.45) is 1.72. The summed E-state index contributed by atoms with van der Waals surface area (Å²) in [6, 6.07) is 1.86. The molecule has 68 valence electrons. The second-order valence-corrected chi connectivity index (χ2v) is 2.68. The van der Waals surface area contributed by atoms with E-state index >= 15 is 0 Å². The van der Waals surface area contributed by atoms with Crippen molar-refractivity contribution in [1.29, 1.82) is 0 Å². The minimum atomic E-state index is 0.525. The first kappa shape index (κ1) is 7.97. The maximum absolute atomic E-state index is 5.03. The van der Waals surface area contributed by atoms with Crippen molar-refractivity contribution in [2.45, 2.75) is 20.4 Å². The van der Waals surface area contributed by atoms with E-state index in [1.165, 1.54) is 0 Å². The van der Waals surface area contributed by atoms with Gasteiger partial charge in [0.05, 0.1) is 0 Å². The van der Waals surface area contributed by atoms with Crippen molar-refractivity contribution in [2.24, 2.45) is 0 Å². The average molecular weight is 178 g/mol. The quantitative estimate of drug-likeness (QED) is 0.694. The second-order valence-electron chi connectivity index (χ2n) is 2.68. The summed E-state index contributed by atoms with van der Waals surface area (Å²) in [6.45, 7) is 4.60. The van der Waals surface area contributed by atoms with Gasteiger partial charge in [-0.05, 0) is 19.9 Å². The van der Waals surface area contributed by atoms with Gasteiger partial charge in [-0.15, -0.1) is 0 Å². The average Bonchev–Trinajstić information content (AvgIpc) is 2.71. The number of aryl methyl sites for hydroxylation is 2. The lowest BCUT2D eigenvalue weighted by Crippen LogP contribution is -1.98. The van der Waals surface area contributed by atoms with Gasteiger partial charge in [-0.3, -0.25) is 4.68 Å². The molecule has 0 amide bonds. The Hall–Kier alpha value is -1.65. The summed E-state index contributed by atoms with van der Waals surface area (Å²) in [7, 11) is 0. The van der Waals surface area contributed by atoms with Gasteiger partial charge in [0.1, 0.15) is 5.69 Å². The van der Waals surface area contributed by atoms with Crippen molar-refractivity contribution in [3.8, 4) is 11.6 Å². The number of hydrogen-bond acceptors (Lipinski definition) is 4. The van der Waals surface area contributed by atoms with E-state index in [2.05, 4.69) is 15.2 Å². The Morgan fingerprint density at radius 2 is 2.38 bits per heavy atom. The maximum atomic E-state index is 5.03. The molecule has 0 saturated carbocycles. The Labute approximate surface area is 75.4 Å². The van der Waals surface area contributed by atoms with Crippen molar-refractivity contribution >= 4 is 0 Å². The van der Waals surface area contributed by atoms with Crippen LogP contribution in [-0.2, 0) is 6.54 Å². The lowest BCUT2D eigenvalue weighted by atomic mass is 10.4. The standard InChI is InChI=1S/C8H10N4O/c1-3-12-7(4-5-9-12)8-10-6(2)11-13-8/h4-5H,3H2,1-2H3. The molecular formula is C8H10N4O. The molecule has 0 bridgehead atoms. The third-order valence-electron chi connectivity index (χ3n) is 1.76. The van der Waals surface area contributed by atoms with Crippen molar-refractivity contribution in [3.63, 3.8) is 0 Å². The molecule has 0 atom stereocenters. The van der Waals surface area contributed by atoms with Gasteiger partial charge in [0.2, 0.25) is 0 Å². The number of aromatic nitrogens is 4. The molecule has 2 aromatic rings. The molecule has 0 N–H and O–H groups in total. The van der Waals surface area contributed by atoms with Crippen LogP contribution in [0.5, 0.6) is 0 Å². The van der Waals surface area contributed by atoms with Crippen LogP contribution in [0, 0.1) is 6.92 Å². The smallest absolute Gasteiger partial charge is 0.276 e. The van der Waals surface area contributed by atoms with Gasteiger partial charge in [0, 0.05) is 12.7 Å². The van der Waals surface area contributed by atoms with Crippen LogP contribution >= 0.6 is 0 Å². The summed E-state index contributed by atoms with van der Waals surface area (Å²) in [5.41, 5.74) is 0.864. The summed E-state index contributed by atoms with van der Waals surface area (Å²) in [5, 5.41) is 7.83. The van der Waals surface area contributed by atoms with Crippen molar-refractivity contribution in [1.82, 2.24) is 19.9 Å². The normalized spacial score (nSPS) is 10.6. The number of nitrogens with zero attached hydrogens (tertiary/aromatic N) is 4. The highest BCUT2D eigenvalue weighted by molar-refractivity contribution is 5.45. The number of rotatable bonds is 2. The zero-order valence-corrected chi connectivity index (χ0v) is 7.56. The van der Waals surface area contributed by atoms with E-state index in [4.69, 9.17) is 4.52 Å². The summed E-state index contributed by atoms with van der Waals surface area (Å²) >= 11 is 0. The topological polar surface area (TPSA) is 56.7 Å². The Kier molecular flexibility index (Phi) is 1.84. The van der Waals surface area contributed by atoms with Gasteiger partial charge in [-0.1, -0.05) is 5.16 Å².